The van der Waals surface area contributed by atoms with E-state index in [1.165, 1.54) is 0 Å². The standard InChI is InChI=1S/C10H16O3/c1-2-7-5-10(3-4-13-7)6-8(10)9(11)12/h7-8H,2-6H2,1H3,(H,11,12). The van der Waals surface area contributed by atoms with Gasteiger partial charge in [0.2, 0.25) is 0 Å². The fourth-order valence-corrected chi connectivity index (χ4v) is 2.50. The minimum atomic E-state index is -0.614. The Morgan fingerprint density at radius 1 is 1.62 bits per heavy atom. The summed E-state index contributed by atoms with van der Waals surface area (Å²) in [6.45, 7) is 2.85. The summed E-state index contributed by atoms with van der Waals surface area (Å²) in [6, 6.07) is 0. The van der Waals surface area contributed by atoms with Crippen LogP contribution in [0.25, 0.3) is 0 Å². The van der Waals surface area contributed by atoms with E-state index in [1.54, 1.807) is 0 Å². The molecule has 2 aliphatic rings. The van der Waals surface area contributed by atoms with Crippen LogP contribution in [0.2, 0.25) is 0 Å². The molecule has 1 saturated heterocycles. The second kappa shape index (κ2) is 2.98. The van der Waals surface area contributed by atoms with Crippen LogP contribution >= 0.6 is 0 Å². The number of aliphatic carboxylic acids is 1. The normalized spacial score (nSPS) is 43.5. The molecule has 3 heteroatoms. The zero-order valence-electron chi connectivity index (χ0n) is 7.95. The van der Waals surface area contributed by atoms with E-state index in [-0.39, 0.29) is 11.3 Å². The quantitative estimate of drug-likeness (QED) is 0.710. The number of carboxylic acids is 1. The maximum absolute atomic E-state index is 10.8. The number of rotatable bonds is 2. The maximum Gasteiger partial charge on any atom is 0.307 e. The molecule has 1 aliphatic carbocycles. The fraction of sp³-hybridized carbons (Fsp3) is 0.900. The summed E-state index contributed by atoms with van der Waals surface area (Å²) >= 11 is 0. The summed E-state index contributed by atoms with van der Waals surface area (Å²) in [4.78, 5) is 10.8. The molecule has 1 heterocycles. The summed E-state index contributed by atoms with van der Waals surface area (Å²) in [7, 11) is 0. The Balaban J connectivity index is 1.98. The van der Waals surface area contributed by atoms with Gasteiger partial charge >= 0.3 is 5.97 Å². The summed E-state index contributed by atoms with van der Waals surface area (Å²) in [5, 5.41) is 8.89. The Bertz CT molecular complexity index is 226. The zero-order valence-corrected chi connectivity index (χ0v) is 7.95. The lowest BCUT2D eigenvalue weighted by atomic mass is 9.89. The van der Waals surface area contributed by atoms with Crippen LogP contribution in [0.3, 0.4) is 0 Å². The average molecular weight is 184 g/mol. The van der Waals surface area contributed by atoms with Crippen LogP contribution in [0.1, 0.15) is 32.6 Å². The first-order valence-corrected chi connectivity index (χ1v) is 5.02. The fourth-order valence-electron chi connectivity index (χ4n) is 2.50. The van der Waals surface area contributed by atoms with Crippen molar-refractivity contribution in [2.45, 2.75) is 38.7 Å². The summed E-state index contributed by atoms with van der Waals surface area (Å²) in [6.07, 6.45) is 4.09. The van der Waals surface area contributed by atoms with Gasteiger partial charge in [0.25, 0.3) is 0 Å². The number of hydrogen-bond acceptors (Lipinski definition) is 2. The van der Waals surface area contributed by atoms with Gasteiger partial charge in [-0.25, -0.2) is 0 Å². The molecule has 3 nitrogen and oxygen atoms in total. The van der Waals surface area contributed by atoms with E-state index in [0.717, 1.165) is 32.3 Å². The molecule has 0 amide bonds. The van der Waals surface area contributed by atoms with Crippen LogP contribution in [0.4, 0.5) is 0 Å². The van der Waals surface area contributed by atoms with Crippen LogP contribution in [0, 0.1) is 11.3 Å². The molecule has 13 heavy (non-hydrogen) atoms. The Labute approximate surface area is 78.1 Å². The second-order valence-corrected chi connectivity index (χ2v) is 4.31. The number of carbonyl (C=O) groups is 1. The molecule has 0 bridgehead atoms. The third-order valence-corrected chi connectivity index (χ3v) is 3.53. The molecular formula is C10H16O3. The van der Waals surface area contributed by atoms with Crippen molar-refractivity contribution in [2.75, 3.05) is 6.61 Å². The van der Waals surface area contributed by atoms with Crippen LogP contribution in [-0.4, -0.2) is 23.8 Å². The first kappa shape index (κ1) is 9.00. The van der Waals surface area contributed by atoms with Crippen molar-refractivity contribution in [2.24, 2.45) is 11.3 Å². The van der Waals surface area contributed by atoms with Gasteiger partial charge in [0.05, 0.1) is 12.0 Å². The third kappa shape index (κ3) is 1.46. The summed E-state index contributed by atoms with van der Waals surface area (Å²) in [5.41, 5.74) is 0.116. The van der Waals surface area contributed by atoms with Gasteiger partial charge in [-0.15, -0.1) is 0 Å². The second-order valence-electron chi connectivity index (χ2n) is 4.31. The van der Waals surface area contributed by atoms with E-state index >= 15 is 0 Å². The van der Waals surface area contributed by atoms with E-state index in [1.807, 2.05) is 0 Å². The highest BCUT2D eigenvalue weighted by Crippen LogP contribution is 2.60. The molecule has 2 fully saturated rings. The van der Waals surface area contributed by atoms with Crippen molar-refractivity contribution in [3.8, 4) is 0 Å². The zero-order chi connectivity index (χ0) is 9.47. The molecule has 1 spiro atoms. The Hall–Kier alpha value is -0.570. The molecule has 0 radical (unpaired) electrons. The highest BCUT2D eigenvalue weighted by molar-refractivity contribution is 5.74. The number of ether oxygens (including phenoxy) is 1. The molecule has 0 aromatic carbocycles. The van der Waals surface area contributed by atoms with E-state index < -0.39 is 5.97 Å². The predicted octanol–water partition coefficient (Wildman–Crippen LogP) is 1.67. The van der Waals surface area contributed by atoms with Gasteiger partial charge in [0.15, 0.2) is 0 Å². The molecule has 1 saturated carbocycles. The van der Waals surface area contributed by atoms with E-state index in [4.69, 9.17) is 9.84 Å². The van der Waals surface area contributed by atoms with Crippen molar-refractivity contribution in [1.82, 2.24) is 0 Å². The third-order valence-electron chi connectivity index (χ3n) is 3.53. The van der Waals surface area contributed by atoms with Gasteiger partial charge in [-0.3, -0.25) is 4.79 Å². The van der Waals surface area contributed by atoms with Gasteiger partial charge in [-0.1, -0.05) is 6.92 Å². The molecule has 74 valence electrons. The minimum Gasteiger partial charge on any atom is -0.481 e. The highest BCUT2D eigenvalue weighted by Gasteiger charge is 2.59. The number of carboxylic acid groups (broad SMARTS) is 1. The molecule has 0 aromatic rings. The van der Waals surface area contributed by atoms with Crippen LogP contribution in [0.15, 0.2) is 0 Å². The smallest absolute Gasteiger partial charge is 0.307 e. The minimum absolute atomic E-state index is 0.0783. The van der Waals surface area contributed by atoms with Gasteiger partial charge in [0, 0.05) is 6.61 Å². The Morgan fingerprint density at radius 3 is 2.92 bits per heavy atom. The molecule has 2 rings (SSSR count). The van der Waals surface area contributed by atoms with Crippen molar-refractivity contribution in [3.63, 3.8) is 0 Å². The largest absolute Gasteiger partial charge is 0.481 e. The topological polar surface area (TPSA) is 46.5 Å². The highest BCUT2D eigenvalue weighted by atomic mass is 16.5. The van der Waals surface area contributed by atoms with Crippen molar-refractivity contribution in [1.29, 1.82) is 0 Å². The van der Waals surface area contributed by atoms with Crippen molar-refractivity contribution >= 4 is 5.97 Å². The van der Waals surface area contributed by atoms with E-state index in [2.05, 4.69) is 6.92 Å². The van der Waals surface area contributed by atoms with E-state index in [9.17, 15) is 4.79 Å². The molecule has 1 N–H and O–H groups in total. The molecule has 3 atom stereocenters. The first-order chi connectivity index (χ1) is 6.18. The van der Waals surface area contributed by atoms with Crippen LogP contribution in [0.5, 0.6) is 0 Å². The van der Waals surface area contributed by atoms with Gasteiger partial charge in [0.1, 0.15) is 0 Å². The molecular weight excluding hydrogens is 168 g/mol. The molecule has 0 aromatic heterocycles. The Kier molecular flexibility index (Phi) is 2.06. The summed E-state index contributed by atoms with van der Waals surface area (Å²) < 4.78 is 5.54. The van der Waals surface area contributed by atoms with Gasteiger partial charge in [-0.05, 0) is 31.1 Å². The first-order valence-electron chi connectivity index (χ1n) is 5.02. The lowest BCUT2D eigenvalue weighted by Crippen LogP contribution is -2.28. The lowest BCUT2D eigenvalue weighted by Gasteiger charge is -2.29. The van der Waals surface area contributed by atoms with Gasteiger partial charge in [-0.2, -0.15) is 0 Å². The maximum atomic E-state index is 10.8. The van der Waals surface area contributed by atoms with Crippen molar-refractivity contribution in [3.05, 3.63) is 0 Å². The summed E-state index contributed by atoms with van der Waals surface area (Å²) in [5.74, 6) is -0.692. The van der Waals surface area contributed by atoms with E-state index in [0.29, 0.717) is 6.10 Å². The SMILES string of the molecule is CCC1CC2(CCO1)CC2C(=O)O. The lowest BCUT2D eigenvalue weighted by molar-refractivity contribution is -0.140. The Morgan fingerprint density at radius 2 is 2.38 bits per heavy atom. The predicted molar refractivity (Wildman–Crippen MR) is 47.4 cm³/mol. The van der Waals surface area contributed by atoms with Crippen molar-refractivity contribution < 1.29 is 14.6 Å². The number of hydrogen-bond donors (Lipinski definition) is 1. The van der Waals surface area contributed by atoms with Crippen LogP contribution in [-0.2, 0) is 9.53 Å². The van der Waals surface area contributed by atoms with Crippen LogP contribution < -0.4 is 0 Å². The molecule has 3 unspecified atom stereocenters. The molecule has 1 aliphatic heterocycles. The average Bonchev–Trinajstić information content (AvgIpc) is 2.80. The monoisotopic (exact) mass is 184 g/mol. The van der Waals surface area contributed by atoms with Gasteiger partial charge < -0.3 is 9.84 Å².